The highest BCUT2D eigenvalue weighted by atomic mass is 16.6. The van der Waals surface area contributed by atoms with Crippen LogP contribution in [0.4, 0.5) is 0 Å². The Morgan fingerprint density at radius 3 is 2.37 bits per heavy atom. The zero-order valence-corrected chi connectivity index (χ0v) is 12.4. The van der Waals surface area contributed by atoms with E-state index < -0.39 is 7.12 Å². The average Bonchev–Trinajstić information content (AvgIpc) is 2.41. The van der Waals surface area contributed by atoms with E-state index in [9.17, 15) is 0 Å². The van der Waals surface area contributed by atoms with Crippen LogP contribution in [0.5, 0.6) is 0 Å². The van der Waals surface area contributed by atoms with Gasteiger partial charge >= 0.3 is 7.12 Å². The first-order valence-electron chi connectivity index (χ1n) is 6.63. The summed E-state index contributed by atoms with van der Waals surface area (Å²) in [5.74, 6) is 0. The van der Waals surface area contributed by atoms with Crippen molar-refractivity contribution in [2.45, 2.75) is 34.6 Å². The number of hydrogen-bond donors (Lipinski definition) is 0. The summed E-state index contributed by atoms with van der Waals surface area (Å²) in [5.41, 5.74) is 1.95. The molecule has 5 heteroatoms. The molecule has 2 heterocycles. The molecule has 1 aromatic rings. The van der Waals surface area contributed by atoms with Gasteiger partial charge in [-0.3, -0.25) is 0 Å². The minimum Gasteiger partial charge on any atom is -0.407 e. The van der Waals surface area contributed by atoms with Gasteiger partial charge < -0.3 is 9.31 Å². The normalized spacial score (nSPS) is 17.2. The summed E-state index contributed by atoms with van der Waals surface area (Å²) in [4.78, 5) is 4.18. The molecule has 1 aromatic heterocycles. The van der Waals surface area contributed by atoms with Gasteiger partial charge in [0, 0.05) is 29.8 Å². The molecule has 102 valence electrons. The Labute approximate surface area is 115 Å². The second-order valence-electron chi connectivity index (χ2n) is 5.12. The van der Waals surface area contributed by atoms with Crippen molar-refractivity contribution < 1.29 is 9.31 Å². The molecule has 1 fully saturated rings. The molecule has 2 rings (SSSR count). The number of nitriles is 1. The SMILES string of the molecule is CC.Cc1ccc(B2OCC(C)(C)CO2)c(C#N)n1. The molecule has 0 spiro atoms. The van der Waals surface area contributed by atoms with E-state index in [2.05, 4.69) is 24.9 Å². The fraction of sp³-hybridized carbons (Fsp3) is 0.571. The predicted octanol–water partition coefficient (Wildman–Crippen LogP) is 2.06. The maximum Gasteiger partial charge on any atom is 0.496 e. The lowest BCUT2D eigenvalue weighted by molar-refractivity contribution is 0.0342. The Bertz CT molecular complexity index is 459. The van der Waals surface area contributed by atoms with Crippen molar-refractivity contribution in [3.05, 3.63) is 23.5 Å². The largest absolute Gasteiger partial charge is 0.496 e. The van der Waals surface area contributed by atoms with Gasteiger partial charge in [-0.15, -0.1) is 0 Å². The lowest BCUT2D eigenvalue weighted by Crippen LogP contribution is -2.48. The molecule has 0 radical (unpaired) electrons. The van der Waals surface area contributed by atoms with Crippen LogP contribution in [0.15, 0.2) is 12.1 Å². The van der Waals surface area contributed by atoms with Gasteiger partial charge in [0.05, 0.1) is 0 Å². The lowest BCUT2D eigenvalue weighted by atomic mass is 9.75. The first-order chi connectivity index (χ1) is 9.02. The fourth-order valence-electron chi connectivity index (χ4n) is 1.72. The summed E-state index contributed by atoms with van der Waals surface area (Å²) in [6, 6.07) is 5.80. The molecule has 1 aliphatic rings. The third-order valence-corrected chi connectivity index (χ3v) is 2.68. The highest BCUT2D eigenvalue weighted by molar-refractivity contribution is 6.62. The van der Waals surface area contributed by atoms with E-state index in [-0.39, 0.29) is 5.41 Å². The Morgan fingerprint density at radius 2 is 1.84 bits per heavy atom. The highest BCUT2D eigenvalue weighted by Gasteiger charge is 2.35. The van der Waals surface area contributed by atoms with E-state index in [1.807, 2.05) is 32.9 Å². The van der Waals surface area contributed by atoms with Gasteiger partial charge in [0.1, 0.15) is 11.8 Å². The molecule has 19 heavy (non-hydrogen) atoms. The van der Waals surface area contributed by atoms with E-state index in [0.29, 0.717) is 24.4 Å². The summed E-state index contributed by atoms with van der Waals surface area (Å²) in [6.45, 7) is 11.3. The molecule has 0 amide bonds. The van der Waals surface area contributed by atoms with Crippen molar-refractivity contribution in [2.75, 3.05) is 13.2 Å². The van der Waals surface area contributed by atoms with Gasteiger partial charge in [-0.2, -0.15) is 5.26 Å². The van der Waals surface area contributed by atoms with Crippen LogP contribution in [0.3, 0.4) is 0 Å². The van der Waals surface area contributed by atoms with Gasteiger partial charge in [-0.25, -0.2) is 4.98 Å². The van der Waals surface area contributed by atoms with Crippen molar-refractivity contribution in [3.63, 3.8) is 0 Å². The van der Waals surface area contributed by atoms with Crippen LogP contribution < -0.4 is 5.46 Å². The minimum absolute atomic E-state index is 0.0292. The maximum atomic E-state index is 9.05. The molecule has 1 aliphatic heterocycles. The quantitative estimate of drug-likeness (QED) is 0.725. The molecule has 0 aliphatic carbocycles. The number of rotatable bonds is 1. The smallest absolute Gasteiger partial charge is 0.407 e. The number of nitrogens with zero attached hydrogens (tertiary/aromatic N) is 2. The summed E-state index contributed by atoms with van der Waals surface area (Å²) in [5, 5.41) is 9.05. The van der Waals surface area contributed by atoms with Crippen molar-refractivity contribution in [1.82, 2.24) is 4.98 Å². The van der Waals surface area contributed by atoms with E-state index in [0.717, 1.165) is 5.69 Å². The van der Waals surface area contributed by atoms with Crippen molar-refractivity contribution in [1.29, 1.82) is 5.26 Å². The van der Waals surface area contributed by atoms with E-state index in [1.165, 1.54) is 0 Å². The lowest BCUT2D eigenvalue weighted by Gasteiger charge is -2.33. The van der Waals surface area contributed by atoms with Gasteiger partial charge in [-0.05, 0) is 13.0 Å². The van der Waals surface area contributed by atoms with Crippen LogP contribution in [0.25, 0.3) is 0 Å². The molecule has 0 N–H and O–H groups in total. The van der Waals surface area contributed by atoms with Crippen LogP contribution >= 0.6 is 0 Å². The molecular weight excluding hydrogens is 239 g/mol. The molecular formula is C14H21BN2O2. The van der Waals surface area contributed by atoms with Crippen LogP contribution in [-0.4, -0.2) is 25.3 Å². The van der Waals surface area contributed by atoms with Crippen LogP contribution in [-0.2, 0) is 9.31 Å². The molecule has 1 saturated heterocycles. The third-order valence-electron chi connectivity index (χ3n) is 2.68. The summed E-state index contributed by atoms with van der Waals surface area (Å²) < 4.78 is 11.3. The molecule has 0 saturated carbocycles. The number of aryl methyl sites for hydroxylation is 1. The highest BCUT2D eigenvalue weighted by Crippen LogP contribution is 2.21. The Morgan fingerprint density at radius 1 is 1.26 bits per heavy atom. The third kappa shape index (κ3) is 4.05. The minimum atomic E-state index is -0.467. The summed E-state index contributed by atoms with van der Waals surface area (Å²) in [6.07, 6.45) is 0. The first-order valence-corrected chi connectivity index (χ1v) is 6.63. The standard InChI is InChI=1S/C12H15BN2O2.C2H6/c1-9-4-5-10(11(6-14)15-9)13-16-7-12(2,3)8-17-13;1-2/h4-5H,7-8H2,1-3H3;1-2H3. The van der Waals surface area contributed by atoms with Gasteiger partial charge in [0.25, 0.3) is 0 Å². The fourth-order valence-corrected chi connectivity index (χ4v) is 1.72. The zero-order valence-electron chi connectivity index (χ0n) is 12.4. The molecule has 0 aromatic carbocycles. The second kappa shape index (κ2) is 6.69. The Hall–Kier alpha value is -1.38. The predicted molar refractivity (Wildman–Crippen MR) is 76.1 cm³/mol. The van der Waals surface area contributed by atoms with Crippen molar-refractivity contribution in [2.24, 2.45) is 5.41 Å². The monoisotopic (exact) mass is 260 g/mol. The first kappa shape index (κ1) is 15.7. The topological polar surface area (TPSA) is 55.1 Å². The second-order valence-corrected chi connectivity index (χ2v) is 5.12. The van der Waals surface area contributed by atoms with E-state index >= 15 is 0 Å². The Balaban J connectivity index is 0.000000861. The van der Waals surface area contributed by atoms with Gasteiger partial charge in [-0.1, -0.05) is 33.8 Å². The van der Waals surface area contributed by atoms with Crippen LogP contribution in [0.1, 0.15) is 39.1 Å². The molecule has 0 unspecified atom stereocenters. The number of hydrogen-bond acceptors (Lipinski definition) is 4. The van der Waals surface area contributed by atoms with Gasteiger partial charge in [0.15, 0.2) is 0 Å². The van der Waals surface area contributed by atoms with Crippen LogP contribution in [0, 0.1) is 23.7 Å². The molecule has 0 atom stereocenters. The number of pyridine rings is 1. The summed E-state index contributed by atoms with van der Waals surface area (Å²) in [7, 11) is -0.467. The zero-order chi connectivity index (χ0) is 14.5. The van der Waals surface area contributed by atoms with E-state index in [1.54, 1.807) is 0 Å². The van der Waals surface area contributed by atoms with Crippen molar-refractivity contribution >= 4 is 12.6 Å². The van der Waals surface area contributed by atoms with Crippen molar-refractivity contribution in [3.8, 4) is 6.07 Å². The van der Waals surface area contributed by atoms with Crippen LogP contribution in [0.2, 0.25) is 0 Å². The van der Waals surface area contributed by atoms with Gasteiger partial charge in [0.2, 0.25) is 0 Å². The summed E-state index contributed by atoms with van der Waals surface area (Å²) >= 11 is 0. The van der Waals surface area contributed by atoms with E-state index in [4.69, 9.17) is 14.6 Å². The molecule has 4 nitrogen and oxygen atoms in total. The number of aromatic nitrogens is 1. The molecule has 0 bridgehead atoms. The average molecular weight is 260 g/mol. The Kier molecular flexibility index (Phi) is 5.52. The maximum absolute atomic E-state index is 9.05.